The Balaban J connectivity index is 1.79. The number of furan rings is 1. The van der Waals surface area contributed by atoms with Crippen molar-refractivity contribution in [2.75, 3.05) is 6.61 Å². The molecule has 1 aliphatic rings. The van der Waals surface area contributed by atoms with E-state index in [0.29, 0.717) is 11.3 Å². The van der Waals surface area contributed by atoms with Gasteiger partial charge in [0.2, 0.25) is 0 Å². The molecule has 15 heavy (non-hydrogen) atoms. The molecule has 0 radical (unpaired) electrons. The van der Waals surface area contributed by atoms with Crippen molar-refractivity contribution in [2.24, 2.45) is 5.73 Å². The van der Waals surface area contributed by atoms with Crippen molar-refractivity contribution in [2.45, 2.75) is 37.8 Å². The summed E-state index contributed by atoms with van der Waals surface area (Å²) in [7, 11) is 0. The molecule has 0 amide bonds. The molecule has 1 fully saturated rings. The van der Waals surface area contributed by atoms with Gasteiger partial charge >= 0.3 is 0 Å². The molecule has 0 spiro atoms. The number of nitrogens with two attached hydrogens (primary N) is 1. The van der Waals surface area contributed by atoms with Crippen molar-refractivity contribution in [1.82, 2.24) is 0 Å². The quantitative estimate of drug-likeness (QED) is 0.864. The van der Waals surface area contributed by atoms with Crippen LogP contribution in [-0.4, -0.2) is 12.7 Å². The fourth-order valence-electron chi connectivity index (χ4n) is 1.91. The van der Waals surface area contributed by atoms with E-state index in [-0.39, 0.29) is 6.04 Å². The van der Waals surface area contributed by atoms with Gasteiger partial charge in [0.25, 0.3) is 0 Å². The van der Waals surface area contributed by atoms with Gasteiger partial charge in [-0.05, 0) is 49.4 Å². The van der Waals surface area contributed by atoms with Crippen LogP contribution in [0, 0.1) is 0 Å². The van der Waals surface area contributed by atoms with Crippen LogP contribution in [0.4, 0.5) is 0 Å². The first-order valence-corrected chi connectivity index (χ1v) is 5.76. The molecule has 0 aliphatic carbocycles. The van der Waals surface area contributed by atoms with Gasteiger partial charge in [-0.15, -0.1) is 0 Å². The van der Waals surface area contributed by atoms with Crippen molar-refractivity contribution in [1.29, 1.82) is 0 Å². The average Bonchev–Trinajstić information content (AvgIpc) is 2.84. The van der Waals surface area contributed by atoms with Gasteiger partial charge in [-0.2, -0.15) is 0 Å². The smallest absolute Gasteiger partial charge is 0.193 e. The third kappa shape index (κ3) is 2.97. The number of rotatable bonds is 4. The number of halogens is 1. The van der Waals surface area contributed by atoms with Crippen LogP contribution in [0.3, 0.4) is 0 Å². The molecule has 0 saturated carbocycles. The molecule has 2 atom stereocenters. The molecule has 0 bridgehead atoms. The van der Waals surface area contributed by atoms with Gasteiger partial charge in [-0.3, -0.25) is 0 Å². The molecule has 2 unspecified atom stereocenters. The minimum atomic E-state index is -0.0679. The van der Waals surface area contributed by atoms with Gasteiger partial charge in [0, 0.05) is 6.61 Å². The number of ether oxygens (including phenoxy) is 1. The highest BCUT2D eigenvalue weighted by Gasteiger charge is 2.18. The van der Waals surface area contributed by atoms with E-state index in [9.17, 15) is 0 Å². The van der Waals surface area contributed by atoms with Crippen LogP contribution in [0.5, 0.6) is 0 Å². The van der Waals surface area contributed by atoms with Crippen LogP contribution in [0.1, 0.15) is 37.5 Å². The maximum absolute atomic E-state index is 5.98. The Bertz CT molecular complexity index is 307. The van der Waals surface area contributed by atoms with E-state index in [1.54, 1.807) is 6.07 Å². The van der Waals surface area contributed by atoms with Gasteiger partial charge in [0.15, 0.2) is 5.22 Å². The van der Waals surface area contributed by atoms with Gasteiger partial charge in [0.05, 0.1) is 12.1 Å². The van der Waals surface area contributed by atoms with Gasteiger partial charge < -0.3 is 14.9 Å². The molecule has 2 heterocycles. The summed E-state index contributed by atoms with van der Waals surface area (Å²) in [5.41, 5.74) is 5.98. The Hall–Kier alpha value is -0.510. The van der Waals surface area contributed by atoms with Crippen molar-refractivity contribution in [3.63, 3.8) is 0 Å². The zero-order valence-electron chi connectivity index (χ0n) is 8.62. The largest absolute Gasteiger partial charge is 0.448 e. The molecule has 3 nitrogen and oxygen atoms in total. The molecule has 1 aromatic heterocycles. The van der Waals surface area contributed by atoms with E-state index in [2.05, 4.69) is 0 Å². The molecular weight excluding hydrogens is 214 g/mol. The Labute approximate surface area is 94.5 Å². The number of hydrogen-bond donors (Lipinski definition) is 1. The molecule has 84 valence electrons. The summed E-state index contributed by atoms with van der Waals surface area (Å²) < 4.78 is 10.8. The molecule has 2 N–H and O–H groups in total. The first-order chi connectivity index (χ1) is 7.25. The van der Waals surface area contributed by atoms with Crippen LogP contribution in [-0.2, 0) is 4.74 Å². The Kier molecular flexibility index (Phi) is 3.67. The average molecular weight is 230 g/mol. The van der Waals surface area contributed by atoms with E-state index >= 15 is 0 Å². The summed E-state index contributed by atoms with van der Waals surface area (Å²) in [5, 5.41) is 0.401. The standard InChI is InChI=1S/C11H16ClNO2/c12-11-6-5-10(15-11)9(13)4-3-8-2-1-7-14-8/h5-6,8-9H,1-4,7,13H2. The summed E-state index contributed by atoms with van der Waals surface area (Å²) >= 11 is 5.68. The SMILES string of the molecule is NC(CCC1CCCO1)c1ccc(Cl)o1. The van der Waals surface area contributed by atoms with E-state index in [1.807, 2.05) is 6.07 Å². The fraction of sp³-hybridized carbons (Fsp3) is 0.636. The summed E-state index contributed by atoms with van der Waals surface area (Å²) in [5.74, 6) is 0.762. The normalized spacial score (nSPS) is 23.2. The highest BCUT2D eigenvalue weighted by molar-refractivity contribution is 6.28. The lowest BCUT2D eigenvalue weighted by Crippen LogP contribution is -2.13. The van der Waals surface area contributed by atoms with E-state index in [1.165, 1.54) is 6.42 Å². The highest BCUT2D eigenvalue weighted by Crippen LogP contribution is 2.24. The van der Waals surface area contributed by atoms with Crippen molar-refractivity contribution < 1.29 is 9.15 Å². The Morgan fingerprint density at radius 1 is 1.53 bits per heavy atom. The predicted octanol–water partition coefficient (Wildman–Crippen LogP) is 2.89. The summed E-state index contributed by atoms with van der Waals surface area (Å²) in [6.45, 7) is 0.895. The zero-order valence-corrected chi connectivity index (χ0v) is 9.37. The second-order valence-electron chi connectivity index (χ2n) is 3.96. The molecule has 1 saturated heterocycles. The topological polar surface area (TPSA) is 48.4 Å². The fourth-order valence-corrected chi connectivity index (χ4v) is 2.06. The minimum absolute atomic E-state index is 0.0679. The minimum Gasteiger partial charge on any atom is -0.448 e. The van der Waals surface area contributed by atoms with E-state index in [0.717, 1.165) is 31.6 Å². The lowest BCUT2D eigenvalue weighted by atomic mass is 10.1. The summed E-state index contributed by atoms with van der Waals surface area (Å²) in [6.07, 6.45) is 4.60. The molecule has 1 aromatic rings. The first-order valence-electron chi connectivity index (χ1n) is 5.38. The molecule has 1 aliphatic heterocycles. The van der Waals surface area contributed by atoms with Crippen LogP contribution >= 0.6 is 11.6 Å². The lowest BCUT2D eigenvalue weighted by Gasteiger charge is -2.12. The second kappa shape index (κ2) is 5.01. The van der Waals surface area contributed by atoms with Gasteiger partial charge in [-0.1, -0.05) is 0 Å². The van der Waals surface area contributed by atoms with Crippen LogP contribution < -0.4 is 5.73 Å². The van der Waals surface area contributed by atoms with Crippen molar-refractivity contribution in [3.05, 3.63) is 23.1 Å². The Morgan fingerprint density at radius 3 is 3.00 bits per heavy atom. The highest BCUT2D eigenvalue weighted by atomic mass is 35.5. The lowest BCUT2D eigenvalue weighted by molar-refractivity contribution is 0.100. The summed E-state index contributed by atoms with van der Waals surface area (Å²) in [6, 6.07) is 3.49. The molecular formula is C11H16ClNO2. The number of hydrogen-bond acceptors (Lipinski definition) is 3. The predicted molar refractivity (Wildman–Crippen MR) is 58.9 cm³/mol. The molecule has 2 rings (SSSR count). The van der Waals surface area contributed by atoms with E-state index in [4.69, 9.17) is 26.5 Å². The van der Waals surface area contributed by atoms with E-state index < -0.39 is 0 Å². The second-order valence-corrected chi connectivity index (χ2v) is 4.33. The molecule has 4 heteroatoms. The third-order valence-electron chi connectivity index (χ3n) is 2.78. The first kappa shape index (κ1) is 11.0. The van der Waals surface area contributed by atoms with Crippen molar-refractivity contribution >= 4 is 11.6 Å². The third-order valence-corrected chi connectivity index (χ3v) is 2.99. The van der Waals surface area contributed by atoms with Gasteiger partial charge in [0.1, 0.15) is 5.76 Å². The zero-order chi connectivity index (χ0) is 10.7. The molecule has 0 aromatic carbocycles. The maximum atomic E-state index is 5.98. The monoisotopic (exact) mass is 229 g/mol. The van der Waals surface area contributed by atoms with Gasteiger partial charge in [-0.25, -0.2) is 0 Å². The maximum Gasteiger partial charge on any atom is 0.193 e. The summed E-state index contributed by atoms with van der Waals surface area (Å²) in [4.78, 5) is 0. The van der Waals surface area contributed by atoms with Crippen LogP contribution in [0.2, 0.25) is 5.22 Å². The van der Waals surface area contributed by atoms with Crippen molar-refractivity contribution in [3.8, 4) is 0 Å². The van der Waals surface area contributed by atoms with Crippen LogP contribution in [0.25, 0.3) is 0 Å². The Morgan fingerprint density at radius 2 is 2.40 bits per heavy atom. The van der Waals surface area contributed by atoms with Crippen LogP contribution in [0.15, 0.2) is 16.5 Å².